The van der Waals surface area contributed by atoms with Gasteiger partial charge in [-0.05, 0) is 36.8 Å². The molecule has 1 fully saturated rings. The fourth-order valence-electron chi connectivity index (χ4n) is 2.18. The van der Waals surface area contributed by atoms with E-state index < -0.39 is 6.10 Å². The summed E-state index contributed by atoms with van der Waals surface area (Å²) in [7, 11) is 0. The smallest absolute Gasteiger partial charge is 0.111 e. The number of rotatable bonds is 4. The van der Waals surface area contributed by atoms with Crippen LogP contribution in [0.15, 0.2) is 28.9 Å². The first-order valence-corrected chi connectivity index (χ1v) is 7.26. The number of hydrogen-bond donors (Lipinski definition) is 1. The molecule has 1 heterocycles. The van der Waals surface area contributed by atoms with Gasteiger partial charge in [0.15, 0.2) is 0 Å². The maximum atomic E-state index is 10.0. The van der Waals surface area contributed by atoms with E-state index in [2.05, 4.69) is 45.3 Å². The Labute approximate surface area is 120 Å². The molecule has 0 radical (unpaired) electrons. The van der Waals surface area contributed by atoms with E-state index in [1.807, 2.05) is 12.3 Å². The number of aliphatic hydroxyl groups is 1. The minimum Gasteiger partial charge on any atom is -0.386 e. The van der Waals surface area contributed by atoms with Crippen molar-refractivity contribution in [2.24, 2.45) is 5.92 Å². The van der Waals surface area contributed by atoms with E-state index >= 15 is 0 Å². The molecule has 1 saturated carbocycles. The molecule has 1 aliphatic rings. The number of aliphatic hydroxyl groups excluding tert-OH is 1. The monoisotopic (exact) mass is 321 g/mol. The van der Waals surface area contributed by atoms with Crippen molar-refractivity contribution < 1.29 is 5.11 Å². The first kappa shape index (κ1) is 12.8. The van der Waals surface area contributed by atoms with Crippen molar-refractivity contribution in [3.63, 3.8) is 0 Å². The SMILES string of the molecule is Cc1cccc(Cn2cc(C(O)C3CC3)nn2)c1Br. The predicted octanol–water partition coefficient (Wildman–Crippen LogP) is 2.84. The number of hydrogen-bond acceptors (Lipinski definition) is 3. The van der Waals surface area contributed by atoms with E-state index in [4.69, 9.17) is 0 Å². The van der Waals surface area contributed by atoms with Gasteiger partial charge in [0.25, 0.3) is 0 Å². The van der Waals surface area contributed by atoms with E-state index in [0.29, 0.717) is 18.2 Å². The fraction of sp³-hybridized carbons (Fsp3) is 0.429. The Morgan fingerprint density at radius 1 is 1.47 bits per heavy atom. The third kappa shape index (κ3) is 2.72. The molecule has 0 aliphatic heterocycles. The molecule has 1 aliphatic carbocycles. The van der Waals surface area contributed by atoms with Crippen LogP contribution in [0.4, 0.5) is 0 Å². The van der Waals surface area contributed by atoms with Gasteiger partial charge in [0.1, 0.15) is 11.8 Å². The summed E-state index contributed by atoms with van der Waals surface area (Å²) in [5.41, 5.74) is 3.06. The van der Waals surface area contributed by atoms with Gasteiger partial charge < -0.3 is 5.11 Å². The number of nitrogens with zero attached hydrogens (tertiary/aromatic N) is 3. The Morgan fingerprint density at radius 3 is 3.00 bits per heavy atom. The lowest BCUT2D eigenvalue weighted by Gasteiger charge is -2.06. The summed E-state index contributed by atoms with van der Waals surface area (Å²) in [6, 6.07) is 6.17. The van der Waals surface area contributed by atoms with Gasteiger partial charge in [-0.15, -0.1) is 5.10 Å². The minimum absolute atomic E-state index is 0.385. The van der Waals surface area contributed by atoms with Crippen LogP contribution in [0.5, 0.6) is 0 Å². The van der Waals surface area contributed by atoms with Crippen LogP contribution < -0.4 is 0 Å². The largest absolute Gasteiger partial charge is 0.386 e. The second kappa shape index (κ2) is 5.06. The van der Waals surface area contributed by atoms with Crippen LogP contribution in [0.25, 0.3) is 0 Å². The van der Waals surface area contributed by atoms with Crippen molar-refractivity contribution in [3.05, 3.63) is 45.7 Å². The van der Waals surface area contributed by atoms with Crippen molar-refractivity contribution >= 4 is 15.9 Å². The van der Waals surface area contributed by atoms with Crippen molar-refractivity contribution in [1.29, 1.82) is 0 Å². The first-order valence-electron chi connectivity index (χ1n) is 6.47. The van der Waals surface area contributed by atoms with Gasteiger partial charge in [0.2, 0.25) is 0 Å². The molecule has 1 aromatic heterocycles. The Hall–Kier alpha value is -1.20. The molecule has 1 N–H and O–H groups in total. The summed E-state index contributed by atoms with van der Waals surface area (Å²) in [6.45, 7) is 2.73. The quantitative estimate of drug-likeness (QED) is 0.942. The highest BCUT2D eigenvalue weighted by molar-refractivity contribution is 9.10. The molecule has 3 rings (SSSR count). The molecule has 100 valence electrons. The summed E-state index contributed by atoms with van der Waals surface area (Å²) in [4.78, 5) is 0. The van der Waals surface area contributed by atoms with Crippen LogP contribution in [0.2, 0.25) is 0 Å². The minimum atomic E-state index is -0.449. The highest BCUT2D eigenvalue weighted by atomic mass is 79.9. The third-order valence-corrected chi connectivity index (χ3v) is 4.67. The highest BCUT2D eigenvalue weighted by Crippen LogP contribution is 2.40. The van der Waals surface area contributed by atoms with E-state index in [-0.39, 0.29) is 0 Å². The van der Waals surface area contributed by atoms with Gasteiger partial charge in [-0.3, -0.25) is 0 Å². The van der Waals surface area contributed by atoms with Crippen molar-refractivity contribution in [1.82, 2.24) is 15.0 Å². The average Bonchev–Trinajstić information content (AvgIpc) is 3.14. The summed E-state index contributed by atoms with van der Waals surface area (Å²) < 4.78 is 2.88. The zero-order chi connectivity index (χ0) is 13.4. The molecule has 2 aromatic rings. The number of halogens is 1. The molecule has 0 bridgehead atoms. The summed E-state index contributed by atoms with van der Waals surface area (Å²) >= 11 is 3.60. The van der Waals surface area contributed by atoms with E-state index in [9.17, 15) is 5.11 Å². The molecule has 0 amide bonds. The maximum absolute atomic E-state index is 10.0. The van der Waals surface area contributed by atoms with Gasteiger partial charge in [-0.1, -0.05) is 39.3 Å². The lowest BCUT2D eigenvalue weighted by atomic mass is 10.1. The van der Waals surface area contributed by atoms with Crippen LogP contribution in [0.3, 0.4) is 0 Å². The second-order valence-electron chi connectivity index (χ2n) is 5.17. The van der Waals surface area contributed by atoms with Gasteiger partial charge >= 0.3 is 0 Å². The van der Waals surface area contributed by atoms with Crippen LogP contribution in [0.1, 0.15) is 35.8 Å². The van der Waals surface area contributed by atoms with E-state index in [1.54, 1.807) is 4.68 Å². The maximum Gasteiger partial charge on any atom is 0.111 e. The van der Waals surface area contributed by atoms with Crippen LogP contribution >= 0.6 is 15.9 Å². The summed E-state index contributed by atoms with van der Waals surface area (Å²) in [6.07, 6.45) is 3.59. The molecule has 4 nitrogen and oxygen atoms in total. The van der Waals surface area contributed by atoms with Crippen molar-refractivity contribution in [2.45, 2.75) is 32.4 Å². The lowest BCUT2D eigenvalue weighted by Crippen LogP contribution is -2.02. The molecule has 1 aromatic carbocycles. The number of aryl methyl sites for hydroxylation is 1. The van der Waals surface area contributed by atoms with Gasteiger partial charge in [-0.2, -0.15) is 0 Å². The van der Waals surface area contributed by atoms with E-state index in [0.717, 1.165) is 22.9 Å². The Bertz CT molecular complexity index is 592. The van der Waals surface area contributed by atoms with Crippen molar-refractivity contribution in [2.75, 3.05) is 0 Å². The molecular formula is C14H16BrN3O. The van der Waals surface area contributed by atoms with Crippen LogP contribution in [0, 0.1) is 12.8 Å². The Kier molecular flexibility index (Phi) is 3.41. The lowest BCUT2D eigenvalue weighted by molar-refractivity contribution is 0.149. The zero-order valence-corrected chi connectivity index (χ0v) is 12.3. The first-order chi connectivity index (χ1) is 9.15. The molecule has 19 heavy (non-hydrogen) atoms. The Balaban J connectivity index is 1.78. The second-order valence-corrected chi connectivity index (χ2v) is 5.96. The molecule has 1 atom stereocenters. The molecular weight excluding hydrogens is 306 g/mol. The zero-order valence-electron chi connectivity index (χ0n) is 10.8. The normalized spacial score (nSPS) is 16.6. The van der Waals surface area contributed by atoms with Gasteiger partial charge in [0, 0.05) is 4.47 Å². The number of aromatic nitrogens is 3. The van der Waals surface area contributed by atoms with E-state index in [1.165, 1.54) is 5.56 Å². The van der Waals surface area contributed by atoms with Gasteiger partial charge in [-0.25, -0.2) is 4.68 Å². The topological polar surface area (TPSA) is 50.9 Å². The molecule has 5 heteroatoms. The summed E-state index contributed by atoms with van der Waals surface area (Å²) in [5, 5.41) is 18.2. The molecule has 0 saturated heterocycles. The van der Waals surface area contributed by atoms with Crippen LogP contribution in [-0.2, 0) is 6.54 Å². The molecule has 1 unspecified atom stereocenters. The Morgan fingerprint density at radius 2 is 2.26 bits per heavy atom. The standard InChI is InChI=1S/C14H16BrN3O/c1-9-3-2-4-11(13(9)15)7-18-8-12(16-17-18)14(19)10-5-6-10/h2-4,8,10,14,19H,5-7H2,1H3. The number of benzene rings is 1. The van der Waals surface area contributed by atoms with Gasteiger partial charge in [0.05, 0.1) is 12.7 Å². The fourth-order valence-corrected chi connectivity index (χ4v) is 2.57. The predicted molar refractivity (Wildman–Crippen MR) is 75.7 cm³/mol. The summed E-state index contributed by atoms with van der Waals surface area (Å²) in [5.74, 6) is 0.385. The molecule has 0 spiro atoms. The average molecular weight is 322 g/mol. The highest BCUT2D eigenvalue weighted by Gasteiger charge is 2.32. The van der Waals surface area contributed by atoms with Crippen molar-refractivity contribution in [3.8, 4) is 0 Å². The third-order valence-electron chi connectivity index (χ3n) is 3.53. The van der Waals surface area contributed by atoms with Crippen LogP contribution in [-0.4, -0.2) is 20.1 Å².